The summed E-state index contributed by atoms with van der Waals surface area (Å²) in [5, 5.41) is 5.90. The molecule has 0 aliphatic rings. The Morgan fingerprint density at radius 1 is 1.35 bits per heavy atom. The smallest absolute Gasteiger partial charge is 0.266 e. The summed E-state index contributed by atoms with van der Waals surface area (Å²) in [6.45, 7) is 1.84. The van der Waals surface area contributed by atoms with Gasteiger partial charge in [0, 0.05) is 18.0 Å². The molecule has 0 saturated heterocycles. The lowest BCUT2D eigenvalue weighted by atomic mass is 10.2. The number of pyridine rings is 1. The zero-order valence-electron chi connectivity index (χ0n) is 9.25. The highest BCUT2D eigenvalue weighted by Crippen LogP contribution is 2.07. The lowest BCUT2D eigenvalue weighted by molar-refractivity contribution is 0.0959. The van der Waals surface area contributed by atoms with E-state index in [0.717, 1.165) is 11.3 Å². The van der Waals surface area contributed by atoms with Gasteiger partial charge in [0.15, 0.2) is 0 Å². The Bertz CT molecular complexity index is 520. The number of carbonyl (C=O) groups is 1. The maximum atomic E-state index is 11.6. The molecule has 1 amide bonds. The number of thiophene rings is 1. The quantitative estimate of drug-likeness (QED) is 0.666. The number of nitrogens with one attached hydrogen (secondary N) is 1. The maximum Gasteiger partial charge on any atom is 0.281 e. The van der Waals surface area contributed by atoms with E-state index in [9.17, 15) is 4.79 Å². The van der Waals surface area contributed by atoms with Crippen LogP contribution in [0.4, 0.5) is 0 Å². The van der Waals surface area contributed by atoms with E-state index in [2.05, 4.69) is 15.5 Å². The van der Waals surface area contributed by atoms with E-state index < -0.39 is 0 Å². The highest BCUT2D eigenvalue weighted by molar-refractivity contribution is 7.12. The van der Waals surface area contributed by atoms with E-state index in [1.54, 1.807) is 18.5 Å². The summed E-state index contributed by atoms with van der Waals surface area (Å²) >= 11 is 1.39. The molecule has 0 radical (unpaired) electrons. The highest BCUT2D eigenvalue weighted by Gasteiger charge is 2.04. The number of hydrogen-bond donors (Lipinski definition) is 1. The molecule has 17 heavy (non-hydrogen) atoms. The van der Waals surface area contributed by atoms with E-state index >= 15 is 0 Å². The molecular weight excluding hydrogens is 234 g/mol. The highest BCUT2D eigenvalue weighted by atomic mass is 32.1. The van der Waals surface area contributed by atoms with Crippen molar-refractivity contribution in [3.05, 3.63) is 52.5 Å². The molecule has 2 rings (SSSR count). The SMILES string of the molecule is C/C(=N\NC(=O)c1cccs1)c1ccncc1. The predicted molar refractivity (Wildman–Crippen MR) is 68.2 cm³/mol. The summed E-state index contributed by atoms with van der Waals surface area (Å²) < 4.78 is 0. The number of carbonyl (C=O) groups excluding carboxylic acids is 1. The number of hydrogen-bond acceptors (Lipinski definition) is 4. The third kappa shape index (κ3) is 2.98. The minimum Gasteiger partial charge on any atom is -0.266 e. The van der Waals surface area contributed by atoms with Crippen LogP contribution in [0.1, 0.15) is 22.2 Å². The van der Waals surface area contributed by atoms with Gasteiger partial charge in [0.05, 0.1) is 10.6 Å². The molecule has 86 valence electrons. The summed E-state index contributed by atoms with van der Waals surface area (Å²) in [7, 11) is 0. The van der Waals surface area contributed by atoms with E-state index in [4.69, 9.17) is 0 Å². The van der Waals surface area contributed by atoms with Crippen LogP contribution in [0, 0.1) is 0 Å². The van der Waals surface area contributed by atoms with E-state index in [-0.39, 0.29) is 5.91 Å². The largest absolute Gasteiger partial charge is 0.281 e. The molecule has 0 saturated carbocycles. The first-order chi connectivity index (χ1) is 8.27. The molecule has 0 unspecified atom stereocenters. The third-order valence-electron chi connectivity index (χ3n) is 2.17. The Morgan fingerprint density at radius 2 is 2.12 bits per heavy atom. The fourth-order valence-corrected chi connectivity index (χ4v) is 1.87. The van der Waals surface area contributed by atoms with Crippen molar-refractivity contribution in [2.45, 2.75) is 6.92 Å². The first-order valence-electron chi connectivity index (χ1n) is 5.06. The predicted octanol–water partition coefficient (Wildman–Crippen LogP) is 2.30. The molecule has 0 aromatic carbocycles. The second-order valence-corrected chi connectivity index (χ2v) is 4.30. The molecule has 2 aromatic rings. The first kappa shape index (κ1) is 11.5. The standard InChI is InChI=1S/C12H11N3OS/c1-9(10-4-6-13-7-5-10)14-15-12(16)11-3-2-8-17-11/h2-8H,1H3,(H,15,16)/b14-9+. The van der Waals surface area contributed by atoms with E-state index in [0.29, 0.717) is 4.88 Å². The van der Waals surface area contributed by atoms with Crippen LogP contribution in [0.15, 0.2) is 47.1 Å². The van der Waals surface area contributed by atoms with Gasteiger partial charge in [-0.1, -0.05) is 6.07 Å². The second kappa shape index (κ2) is 5.36. The number of amides is 1. The van der Waals surface area contributed by atoms with Crippen molar-refractivity contribution in [1.29, 1.82) is 0 Å². The van der Waals surface area contributed by atoms with Gasteiger partial charge in [-0.25, -0.2) is 5.43 Å². The summed E-state index contributed by atoms with van der Waals surface area (Å²) in [6, 6.07) is 7.28. The summed E-state index contributed by atoms with van der Waals surface area (Å²) in [5.41, 5.74) is 4.21. The summed E-state index contributed by atoms with van der Waals surface area (Å²) in [4.78, 5) is 16.2. The van der Waals surface area contributed by atoms with Crippen LogP contribution in [0.2, 0.25) is 0 Å². The van der Waals surface area contributed by atoms with Crippen LogP contribution in [-0.2, 0) is 0 Å². The molecule has 2 aromatic heterocycles. The fraction of sp³-hybridized carbons (Fsp3) is 0.0833. The molecular formula is C12H11N3OS. The minimum atomic E-state index is -0.187. The van der Waals surface area contributed by atoms with Crippen LogP contribution in [0.25, 0.3) is 0 Å². The van der Waals surface area contributed by atoms with E-state index in [1.807, 2.05) is 30.5 Å². The van der Waals surface area contributed by atoms with Gasteiger partial charge in [-0.3, -0.25) is 9.78 Å². The molecule has 0 aliphatic heterocycles. The normalized spacial score (nSPS) is 11.2. The third-order valence-corrected chi connectivity index (χ3v) is 3.04. The van der Waals surface area contributed by atoms with Gasteiger partial charge in [-0.05, 0) is 30.5 Å². The van der Waals surface area contributed by atoms with Gasteiger partial charge in [0.1, 0.15) is 0 Å². The Labute approximate surface area is 103 Å². The molecule has 1 N–H and O–H groups in total. The van der Waals surface area contributed by atoms with Crippen LogP contribution in [0.3, 0.4) is 0 Å². The van der Waals surface area contributed by atoms with Crippen molar-refractivity contribution in [2.24, 2.45) is 5.10 Å². The van der Waals surface area contributed by atoms with Gasteiger partial charge < -0.3 is 0 Å². The van der Waals surface area contributed by atoms with Crippen molar-refractivity contribution in [3.8, 4) is 0 Å². The maximum absolute atomic E-state index is 11.6. The molecule has 0 atom stereocenters. The second-order valence-electron chi connectivity index (χ2n) is 3.35. The zero-order chi connectivity index (χ0) is 12.1. The lowest BCUT2D eigenvalue weighted by Crippen LogP contribution is -2.18. The molecule has 0 spiro atoms. The summed E-state index contributed by atoms with van der Waals surface area (Å²) in [6.07, 6.45) is 3.38. The van der Waals surface area contributed by atoms with Gasteiger partial charge in [-0.15, -0.1) is 11.3 Å². The molecule has 4 nitrogen and oxygen atoms in total. The fourth-order valence-electron chi connectivity index (χ4n) is 1.26. The first-order valence-corrected chi connectivity index (χ1v) is 5.94. The van der Waals surface area contributed by atoms with Crippen molar-refractivity contribution >= 4 is 23.0 Å². The average Bonchev–Trinajstić information content (AvgIpc) is 2.90. The molecule has 0 fully saturated rings. The minimum absolute atomic E-state index is 0.187. The van der Waals surface area contributed by atoms with Gasteiger partial charge >= 0.3 is 0 Å². The lowest BCUT2D eigenvalue weighted by Gasteiger charge is -2.00. The molecule has 0 aliphatic carbocycles. The average molecular weight is 245 g/mol. The molecule has 2 heterocycles. The van der Waals surface area contributed by atoms with Crippen molar-refractivity contribution < 1.29 is 4.79 Å². The van der Waals surface area contributed by atoms with Crippen molar-refractivity contribution in [1.82, 2.24) is 10.4 Å². The Morgan fingerprint density at radius 3 is 2.76 bits per heavy atom. The van der Waals surface area contributed by atoms with Crippen LogP contribution in [-0.4, -0.2) is 16.6 Å². The number of rotatable bonds is 3. The number of nitrogens with zero attached hydrogens (tertiary/aromatic N) is 2. The van der Waals surface area contributed by atoms with Crippen LogP contribution < -0.4 is 5.43 Å². The van der Waals surface area contributed by atoms with Crippen LogP contribution in [0.5, 0.6) is 0 Å². The molecule has 0 bridgehead atoms. The van der Waals surface area contributed by atoms with Crippen LogP contribution >= 0.6 is 11.3 Å². The van der Waals surface area contributed by atoms with Gasteiger partial charge in [-0.2, -0.15) is 5.10 Å². The Hall–Kier alpha value is -2.01. The summed E-state index contributed by atoms with van der Waals surface area (Å²) in [5.74, 6) is -0.187. The monoisotopic (exact) mass is 245 g/mol. The van der Waals surface area contributed by atoms with Crippen molar-refractivity contribution in [2.75, 3.05) is 0 Å². The Kier molecular flexibility index (Phi) is 3.62. The number of aromatic nitrogens is 1. The van der Waals surface area contributed by atoms with Crippen molar-refractivity contribution in [3.63, 3.8) is 0 Å². The van der Waals surface area contributed by atoms with Gasteiger partial charge in [0.25, 0.3) is 5.91 Å². The number of hydrazone groups is 1. The molecule has 5 heteroatoms. The zero-order valence-corrected chi connectivity index (χ0v) is 10.1. The van der Waals surface area contributed by atoms with Gasteiger partial charge in [0.2, 0.25) is 0 Å². The van der Waals surface area contributed by atoms with E-state index in [1.165, 1.54) is 11.3 Å². The topological polar surface area (TPSA) is 54.4 Å². The Balaban J connectivity index is 2.04.